The van der Waals surface area contributed by atoms with Crippen molar-refractivity contribution in [2.75, 3.05) is 5.32 Å². The van der Waals surface area contributed by atoms with Gasteiger partial charge in [-0.25, -0.2) is 9.59 Å². The van der Waals surface area contributed by atoms with Crippen molar-refractivity contribution in [3.63, 3.8) is 0 Å². The third-order valence-corrected chi connectivity index (χ3v) is 4.25. The van der Waals surface area contributed by atoms with Gasteiger partial charge in [-0.15, -0.1) is 0 Å². The molecule has 1 atom stereocenters. The second kappa shape index (κ2) is 7.14. The summed E-state index contributed by atoms with van der Waals surface area (Å²) in [6, 6.07) is 5.65. The van der Waals surface area contributed by atoms with E-state index in [4.69, 9.17) is 4.74 Å². The van der Waals surface area contributed by atoms with E-state index < -0.39 is 34.2 Å². The van der Waals surface area contributed by atoms with Crippen molar-refractivity contribution >= 4 is 17.5 Å². The monoisotopic (exact) mass is 386 g/mol. The predicted molar refractivity (Wildman–Crippen MR) is 100 cm³/mol. The zero-order valence-corrected chi connectivity index (χ0v) is 15.4. The molecule has 2 aromatic rings. The zero-order chi connectivity index (χ0) is 20.6. The van der Waals surface area contributed by atoms with Crippen LogP contribution < -0.4 is 16.6 Å². The minimum Gasteiger partial charge on any atom is -0.460 e. The Bertz CT molecular complexity index is 1110. The average molecular weight is 386 g/mol. The molecule has 0 amide bonds. The molecule has 2 heterocycles. The standard InChI is InChI=1S/C18H18N4O6/c1-8(2)28-17(24)12-9(3)19-15-14(16(23)21-18(25)20-15)13(12)10-5-4-6-11(7-10)22(26)27/h4-8,13H,1-3H3,(H3,19,20,21,23,25)/t13-/m0/s1. The SMILES string of the molecule is CC1=C(C(=O)OC(C)C)[C@H](c2cccc([N+](=O)[O-])c2)c2c([nH]c(=O)[nH]c2=O)N1. The summed E-state index contributed by atoms with van der Waals surface area (Å²) >= 11 is 0. The van der Waals surface area contributed by atoms with E-state index in [1.165, 1.54) is 18.2 Å². The number of hydrogen-bond acceptors (Lipinski definition) is 7. The van der Waals surface area contributed by atoms with E-state index in [9.17, 15) is 24.5 Å². The van der Waals surface area contributed by atoms with Crippen LogP contribution in [0.1, 0.15) is 37.8 Å². The molecule has 0 saturated carbocycles. The maximum Gasteiger partial charge on any atom is 0.337 e. The number of carbonyl (C=O) groups is 1. The Morgan fingerprint density at radius 3 is 2.61 bits per heavy atom. The topological polar surface area (TPSA) is 147 Å². The first-order valence-corrected chi connectivity index (χ1v) is 8.48. The van der Waals surface area contributed by atoms with E-state index in [1.54, 1.807) is 26.8 Å². The molecule has 0 aliphatic carbocycles. The molecular weight excluding hydrogens is 368 g/mol. The lowest BCUT2D eigenvalue weighted by atomic mass is 9.82. The third-order valence-electron chi connectivity index (χ3n) is 4.25. The maximum absolute atomic E-state index is 12.8. The van der Waals surface area contributed by atoms with E-state index >= 15 is 0 Å². The van der Waals surface area contributed by atoms with Crippen molar-refractivity contribution in [3.05, 3.63) is 77.6 Å². The quantitative estimate of drug-likeness (QED) is 0.412. The molecule has 146 valence electrons. The molecule has 0 spiro atoms. The number of esters is 1. The lowest BCUT2D eigenvalue weighted by Gasteiger charge is -2.29. The number of nitrogens with one attached hydrogen (secondary N) is 3. The van der Waals surface area contributed by atoms with Gasteiger partial charge in [0.05, 0.1) is 28.1 Å². The predicted octanol–water partition coefficient (Wildman–Crippen LogP) is 1.75. The van der Waals surface area contributed by atoms with Crippen LogP contribution in [-0.2, 0) is 9.53 Å². The fourth-order valence-corrected chi connectivity index (χ4v) is 3.19. The molecule has 1 aliphatic rings. The van der Waals surface area contributed by atoms with Gasteiger partial charge in [0.1, 0.15) is 5.82 Å². The molecular formula is C18H18N4O6. The van der Waals surface area contributed by atoms with Crippen LogP contribution in [0.15, 0.2) is 45.1 Å². The van der Waals surface area contributed by atoms with E-state index in [1.807, 2.05) is 0 Å². The summed E-state index contributed by atoms with van der Waals surface area (Å²) in [6.07, 6.45) is -0.408. The van der Waals surface area contributed by atoms with Gasteiger partial charge in [0.2, 0.25) is 0 Å². The minimum atomic E-state index is -0.956. The second-order valence-corrected chi connectivity index (χ2v) is 6.60. The van der Waals surface area contributed by atoms with Gasteiger partial charge in [-0.2, -0.15) is 0 Å². The van der Waals surface area contributed by atoms with Crippen LogP contribution in [-0.4, -0.2) is 27.0 Å². The number of nitro groups is 1. The lowest BCUT2D eigenvalue weighted by molar-refractivity contribution is -0.384. The molecule has 0 unspecified atom stereocenters. The summed E-state index contributed by atoms with van der Waals surface area (Å²) in [5.41, 5.74) is -0.672. The maximum atomic E-state index is 12.8. The highest BCUT2D eigenvalue weighted by atomic mass is 16.6. The second-order valence-electron chi connectivity index (χ2n) is 6.60. The van der Waals surface area contributed by atoms with Crippen molar-refractivity contribution in [3.8, 4) is 0 Å². The van der Waals surface area contributed by atoms with Crippen LogP contribution in [0.2, 0.25) is 0 Å². The number of allylic oxidation sites excluding steroid dienone is 1. The first-order chi connectivity index (χ1) is 13.2. The smallest absolute Gasteiger partial charge is 0.337 e. The summed E-state index contributed by atoms with van der Waals surface area (Å²) in [4.78, 5) is 52.3. The highest BCUT2D eigenvalue weighted by Crippen LogP contribution is 2.40. The number of carbonyl (C=O) groups excluding carboxylic acids is 1. The van der Waals surface area contributed by atoms with Crippen molar-refractivity contribution in [1.29, 1.82) is 0 Å². The molecule has 10 heteroatoms. The Hall–Kier alpha value is -3.69. The van der Waals surface area contributed by atoms with Gasteiger partial charge < -0.3 is 10.1 Å². The highest BCUT2D eigenvalue weighted by Gasteiger charge is 2.36. The van der Waals surface area contributed by atoms with Crippen LogP contribution in [0.25, 0.3) is 0 Å². The van der Waals surface area contributed by atoms with E-state index in [0.29, 0.717) is 11.3 Å². The normalized spacial score (nSPS) is 15.8. The van der Waals surface area contributed by atoms with Crippen LogP contribution in [0.5, 0.6) is 0 Å². The Morgan fingerprint density at radius 1 is 1.25 bits per heavy atom. The Kier molecular flexibility index (Phi) is 4.87. The molecule has 10 nitrogen and oxygen atoms in total. The van der Waals surface area contributed by atoms with Gasteiger partial charge in [0.15, 0.2) is 0 Å². The average Bonchev–Trinajstić information content (AvgIpc) is 2.59. The van der Waals surface area contributed by atoms with Gasteiger partial charge >= 0.3 is 11.7 Å². The van der Waals surface area contributed by atoms with Gasteiger partial charge in [-0.3, -0.25) is 24.9 Å². The number of benzene rings is 1. The number of rotatable bonds is 4. The van der Waals surface area contributed by atoms with E-state index in [2.05, 4.69) is 15.3 Å². The summed E-state index contributed by atoms with van der Waals surface area (Å²) < 4.78 is 5.31. The molecule has 1 aromatic carbocycles. The number of fused-ring (bicyclic) bond motifs is 1. The number of H-pyrrole nitrogens is 2. The molecule has 0 saturated heterocycles. The van der Waals surface area contributed by atoms with Crippen molar-refractivity contribution in [2.45, 2.75) is 32.8 Å². The van der Waals surface area contributed by atoms with Gasteiger partial charge in [-0.05, 0) is 26.3 Å². The van der Waals surface area contributed by atoms with Gasteiger partial charge in [-0.1, -0.05) is 12.1 Å². The molecule has 0 fully saturated rings. The number of aromatic nitrogens is 2. The van der Waals surface area contributed by atoms with Crippen molar-refractivity contribution < 1.29 is 14.5 Å². The fraction of sp³-hybridized carbons (Fsp3) is 0.278. The molecule has 0 bridgehead atoms. The number of nitro benzene ring substituents is 1. The highest BCUT2D eigenvalue weighted by molar-refractivity contribution is 5.94. The van der Waals surface area contributed by atoms with Crippen LogP contribution in [0.3, 0.4) is 0 Å². The molecule has 3 N–H and O–H groups in total. The number of nitrogens with zero attached hydrogens (tertiary/aromatic N) is 1. The molecule has 1 aliphatic heterocycles. The summed E-state index contributed by atoms with van der Waals surface area (Å²) in [6.45, 7) is 4.97. The number of non-ortho nitro benzene ring substituents is 1. The largest absolute Gasteiger partial charge is 0.460 e. The number of aromatic amines is 2. The Morgan fingerprint density at radius 2 is 1.96 bits per heavy atom. The van der Waals surface area contributed by atoms with Crippen LogP contribution in [0.4, 0.5) is 11.5 Å². The van der Waals surface area contributed by atoms with Crippen molar-refractivity contribution in [2.24, 2.45) is 0 Å². The molecule has 3 rings (SSSR count). The molecule has 1 aromatic heterocycles. The van der Waals surface area contributed by atoms with Gasteiger partial charge in [0, 0.05) is 17.8 Å². The number of hydrogen-bond donors (Lipinski definition) is 3. The fourth-order valence-electron chi connectivity index (χ4n) is 3.19. The first-order valence-electron chi connectivity index (χ1n) is 8.48. The van der Waals surface area contributed by atoms with E-state index in [-0.39, 0.29) is 22.6 Å². The van der Waals surface area contributed by atoms with E-state index in [0.717, 1.165) is 0 Å². The Balaban J connectivity index is 2.29. The Labute approximate surface area is 158 Å². The van der Waals surface area contributed by atoms with Crippen LogP contribution in [0, 0.1) is 10.1 Å². The number of anilines is 1. The molecule has 28 heavy (non-hydrogen) atoms. The zero-order valence-electron chi connectivity index (χ0n) is 15.4. The summed E-state index contributed by atoms with van der Waals surface area (Å²) in [5, 5.41) is 14.0. The van der Waals surface area contributed by atoms with Gasteiger partial charge in [0.25, 0.3) is 11.2 Å². The number of ether oxygens (including phenoxy) is 1. The van der Waals surface area contributed by atoms with Crippen molar-refractivity contribution in [1.82, 2.24) is 9.97 Å². The van der Waals surface area contributed by atoms with Crippen LogP contribution >= 0.6 is 0 Å². The minimum absolute atomic E-state index is 0.0707. The summed E-state index contributed by atoms with van der Waals surface area (Å²) in [5.74, 6) is -1.49. The lowest BCUT2D eigenvalue weighted by Crippen LogP contribution is -2.35. The summed E-state index contributed by atoms with van der Waals surface area (Å²) in [7, 11) is 0. The third kappa shape index (κ3) is 3.43. The first kappa shape index (κ1) is 19.1. The molecule has 0 radical (unpaired) electrons.